The highest BCUT2D eigenvalue weighted by Crippen LogP contribution is 2.19. The average molecular weight is 333 g/mol. The van der Waals surface area contributed by atoms with E-state index in [0.29, 0.717) is 17.9 Å². The van der Waals surface area contributed by atoms with Gasteiger partial charge in [0.25, 0.3) is 5.56 Å². The van der Waals surface area contributed by atoms with Crippen molar-refractivity contribution in [3.8, 4) is 5.69 Å². The van der Waals surface area contributed by atoms with E-state index < -0.39 is 0 Å². The fourth-order valence-electron chi connectivity index (χ4n) is 1.98. The Morgan fingerprint density at radius 2 is 2.09 bits per heavy atom. The first-order chi connectivity index (χ1) is 10.7. The van der Waals surface area contributed by atoms with Crippen molar-refractivity contribution < 1.29 is 0 Å². The van der Waals surface area contributed by atoms with Crippen LogP contribution in [0.25, 0.3) is 5.69 Å². The van der Waals surface area contributed by atoms with E-state index in [-0.39, 0.29) is 10.6 Å². The Bertz CT molecular complexity index is 844. The standard InChI is InChI=1S/C15H13ClN4OS/c1-10-13(22-9-18-10)8-17-12-7-19-20(15(21)14(12)16)11-5-3-2-4-6-11/h2-7,9,17H,8H2,1H3. The summed E-state index contributed by atoms with van der Waals surface area (Å²) >= 11 is 7.74. The summed E-state index contributed by atoms with van der Waals surface area (Å²) in [5.74, 6) is 0. The lowest BCUT2D eigenvalue weighted by atomic mass is 10.3. The van der Waals surface area contributed by atoms with E-state index in [4.69, 9.17) is 11.6 Å². The molecule has 2 aromatic heterocycles. The van der Waals surface area contributed by atoms with Crippen LogP contribution in [-0.4, -0.2) is 14.8 Å². The van der Waals surface area contributed by atoms with Crippen LogP contribution < -0.4 is 10.9 Å². The Kier molecular flexibility index (Phi) is 4.22. The van der Waals surface area contributed by atoms with Gasteiger partial charge in [-0.15, -0.1) is 11.3 Å². The van der Waals surface area contributed by atoms with E-state index in [1.54, 1.807) is 35.2 Å². The minimum absolute atomic E-state index is 0.126. The van der Waals surface area contributed by atoms with Gasteiger partial charge in [-0.1, -0.05) is 29.8 Å². The molecule has 0 aliphatic carbocycles. The molecule has 0 aliphatic rings. The predicted molar refractivity (Wildman–Crippen MR) is 89.0 cm³/mol. The van der Waals surface area contributed by atoms with Crippen LogP contribution in [0.2, 0.25) is 5.02 Å². The number of thiazole rings is 1. The number of nitrogens with one attached hydrogen (secondary N) is 1. The number of aryl methyl sites for hydroxylation is 1. The topological polar surface area (TPSA) is 59.8 Å². The van der Waals surface area contributed by atoms with Crippen LogP contribution >= 0.6 is 22.9 Å². The first-order valence-electron chi connectivity index (χ1n) is 6.63. The zero-order valence-corrected chi connectivity index (χ0v) is 13.4. The summed E-state index contributed by atoms with van der Waals surface area (Å²) in [6.45, 7) is 2.51. The largest absolute Gasteiger partial charge is 0.377 e. The number of benzene rings is 1. The van der Waals surface area contributed by atoms with Gasteiger partial charge in [0, 0.05) is 4.88 Å². The van der Waals surface area contributed by atoms with Crippen molar-refractivity contribution in [1.29, 1.82) is 0 Å². The summed E-state index contributed by atoms with van der Waals surface area (Å²) in [4.78, 5) is 17.6. The first kappa shape index (κ1) is 14.7. The SMILES string of the molecule is Cc1ncsc1CNc1cnn(-c2ccccc2)c(=O)c1Cl. The van der Waals surface area contributed by atoms with E-state index in [0.717, 1.165) is 10.6 Å². The molecule has 0 aliphatic heterocycles. The molecule has 2 heterocycles. The fourth-order valence-corrected chi connectivity index (χ4v) is 2.89. The first-order valence-corrected chi connectivity index (χ1v) is 7.88. The Morgan fingerprint density at radius 1 is 1.32 bits per heavy atom. The van der Waals surface area contributed by atoms with Crippen molar-refractivity contribution in [2.75, 3.05) is 5.32 Å². The lowest BCUT2D eigenvalue weighted by Gasteiger charge is -2.09. The molecule has 1 aromatic carbocycles. The number of hydrogen-bond donors (Lipinski definition) is 1. The molecule has 0 atom stereocenters. The second kappa shape index (κ2) is 6.29. The van der Waals surface area contributed by atoms with Crippen LogP contribution in [0.4, 0.5) is 5.69 Å². The minimum atomic E-state index is -0.348. The number of halogens is 1. The third-order valence-electron chi connectivity index (χ3n) is 3.20. The van der Waals surface area contributed by atoms with Crippen molar-refractivity contribution in [3.05, 3.63) is 68.0 Å². The molecular formula is C15H13ClN4OS. The third-order valence-corrected chi connectivity index (χ3v) is 4.50. The van der Waals surface area contributed by atoms with Gasteiger partial charge in [-0.25, -0.2) is 4.98 Å². The van der Waals surface area contributed by atoms with Gasteiger partial charge >= 0.3 is 0 Å². The molecule has 112 valence electrons. The van der Waals surface area contributed by atoms with Crippen molar-refractivity contribution in [3.63, 3.8) is 0 Å². The number of para-hydroxylation sites is 1. The van der Waals surface area contributed by atoms with Crippen LogP contribution in [0.15, 0.2) is 46.8 Å². The van der Waals surface area contributed by atoms with Gasteiger partial charge in [0.05, 0.1) is 35.3 Å². The van der Waals surface area contributed by atoms with Gasteiger partial charge in [0.15, 0.2) is 0 Å². The molecule has 0 radical (unpaired) electrons. The summed E-state index contributed by atoms with van der Waals surface area (Å²) < 4.78 is 1.28. The molecule has 0 spiro atoms. The smallest absolute Gasteiger partial charge is 0.292 e. The van der Waals surface area contributed by atoms with E-state index in [1.165, 1.54) is 4.68 Å². The van der Waals surface area contributed by atoms with Crippen LogP contribution in [-0.2, 0) is 6.54 Å². The van der Waals surface area contributed by atoms with Gasteiger partial charge < -0.3 is 5.32 Å². The Hall–Kier alpha value is -2.18. The lowest BCUT2D eigenvalue weighted by molar-refractivity contribution is 0.807. The number of anilines is 1. The van der Waals surface area contributed by atoms with E-state index in [1.807, 2.05) is 25.1 Å². The van der Waals surface area contributed by atoms with Gasteiger partial charge in [-0.3, -0.25) is 4.79 Å². The lowest BCUT2D eigenvalue weighted by Crippen LogP contribution is -2.22. The molecule has 1 N–H and O–H groups in total. The number of nitrogens with zero attached hydrogens (tertiary/aromatic N) is 3. The summed E-state index contributed by atoms with van der Waals surface area (Å²) in [5.41, 5.74) is 3.61. The zero-order chi connectivity index (χ0) is 15.5. The zero-order valence-electron chi connectivity index (χ0n) is 11.8. The Morgan fingerprint density at radius 3 is 2.77 bits per heavy atom. The van der Waals surface area contributed by atoms with Crippen molar-refractivity contribution in [2.24, 2.45) is 0 Å². The molecule has 0 amide bonds. The molecule has 7 heteroatoms. The van der Waals surface area contributed by atoms with Crippen molar-refractivity contribution >= 4 is 28.6 Å². The van der Waals surface area contributed by atoms with Crippen LogP contribution in [0.1, 0.15) is 10.6 Å². The Labute approximate surface area is 136 Å². The molecule has 22 heavy (non-hydrogen) atoms. The Balaban J connectivity index is 1.87. The number of hydrogen-bond acceptors (Lipinski definition) is 5. The predicted octanol–water partition coefficient (Wildman–Crippen LogP) is 3.26. The molecule has 3 rings (SSSR count). The maximum absolute atomic E-state index is 12.3. The van der Waals surface area contributed by atoms with E-state index in [2.05, 4.69) is 15.4 Å². The van der Waals surface area contributed by atoms with E-state index in [9.17, 15) is 4.79 Å². The molecule has 0 fully saturated rings. The highest BCUT2D eigenvalue weighted by molar-refractivity contribution is 7.09. The second-order valence-corrected chi connectivity index (χ2v) is 5.96. The van der Waals surface area contributed by atoms with Gasteiger partial charge in [0.2, 0.25) is 0 Å². The second-order valence-electron chi connectivity index (χ2n) is 4.64. The molecule has 0 saturated carbocycles. The van der Waals surface area contributed by atoms with Gasteiger partial charge in [-0.05, 0) is 19.1 Å². The molecule has 5 nitrogen and oxygen atoms in total. The van der Waals surface area contributed by atoms with Crippen LogP contribution in [0, 0.1) is 6.92 Å². The van der Waals surface area contributed by atoms with Gasteiger partial charge in [0.1, 0.15) is 5.02 Å². The number of aromatic nitrogens is 3. The van der Waals surface area contributed by atoms with Crippen LogP contribution in [0.5, 0.6) is 0 Å². The summed E-state index contributed by atoms with van der Waals surface area (Å²) in [6.07, 6.45) is 1.56. The van der Waals surface area contributed by atoms with Crippen molar-refractivity contribution in [2.45, 2.75) is 13.5 Å². The quantitative estimate of drug-likeness (QED) is 0.796. The monoisotopic (exact) mass is 332 g/mol. The molecular weight excluding hydrogens is 320 g/mol. The molecule has 0 saturated heterocycles. The van der Waals surface area contributed by atoms with Gasteiger partial charge in [-0.2, -0.15) is 9.78 Å². The third kappa shape index (κ3) is 2.88. The maximum Gasteiger partial charge on any atom is 0.292 e. The summed E-state index contributed by atoms with van der Waals surface area (Å²) in [7, 11) is 0. The summed E-state index contributed by atoms with van der Waals surface area (Å²) in [5, 5.41) is 7.44. The molecule has 0 unspecified atom stereocenters. The van der Waals surface area contributed by atoms with Crippen LogP contribution in [0.3, 0.4) is 0 Å². The average Bonchev–Trinajstić information content (AvgIpc) is 2.95. The maximum atomic E-state index is 12.3. The normalized spacial score (nSPS) is 10.6. The molecule has 0 bridgehead atoms. The highest BCUT2D eigenvalue weighted by atomic mass is 35.5. The fraction of sp³-hybridized carbons (Fsp3) is 0.133. The molecule has 3 aromatic rings. The highest BCUT2D eigenvalue weighted by Gasteiger charge is 2.11. The van der Waals surface area contributed by atoms with Crippen molar-refractivity contribution in [1.82, 2.24) is 14.8 Å². The van der Waals surface area contributed by atoms with E-state index >= 15 is 0 Å². The number of rotatable bonds is 4. The summed E-state index contributed by atoms with van der Waals surface area (Å²) in [6, 6.07) is 9.17. The minimum Gasteiger partial charge on any atom is -0.377 e.